The van der Waals surface area contributed by atoms with Crippen LogP contribution in [0.15, 0.2) is 10.5 Å². The summed E-state index contributed by atoms with van der Waals surface area (Å²) in [6.45, 7) is 6.41. The lowest BCUT2D eigenvalue weighted by Crippen LogP contribution is -2.48. The van der Waals surface area contributed by atoms with Crippen molar-refractivity contribution in [1.29, 1.82) is 0 Å². The molecule has 6 heteroatoms. The van der Waals surface area contributed by atoms with Gasteiger partial charge in [-0.3, -0.25) is 4.79 Å². The number of rotatable bonds is 3. The van der Waals surface area contributed by atoms with Gasteiger partial charge in [-0.1, -0.05) is 13.8 Å². The maximum absolute atomic E-state index is 12.4. The molecule has 1 aromatic rings. The smallest absolute Gasteiger partial charge is 0.334 e. The van der Waals surface area contributed by atoms with Crippen molar-refractivity contribution >= 4 is 11.9 Å². The summed E-state index contributed by atoms with van der Waals surface area (Å²) in [6, 6.07) is 1.74. The lowest BCUT2D eigenvalue weighted by atomic mass is 10.1. The van der Waals surface area contributed by atoms with Crippen LogP contribution < -0.4 is 0 Å². The van der Waals surface area contributed by atoms with E-state index in [1.165, 1.54) is 4.90 Å². The van der Waals surface area contributed by atoms with Gasteiger partial charge in [0.2, 0.25) is 0 Å². The number of carboxylic acids is 1. The highest BCUT2D eigenvalue weighted by molar-refractivity contribution is 5.95. The number of nitrogens with zero attached hydrogens (tertiary/aromatic N) is 1. The molecule has 1 N–H and O–H groups in total. The molecule has 1 fully saturated rings. The molecule has 0 radical (unpaired) electrons. The van der Waals surface area contributed by atoms with Crippen LogP contribution in [0.2, 0.25) is 0 Å². The minimum absolute atomic E-state index is 0.0653. The van der Waals surface area contributed by atoms with Crippen molar-refractivity contribution in [3.05, 3.63) is 23.2 Å². The molecule has 20 heavy (non-hydrogen) atoms. The van der Waals surface area contributed by atoms with E-state index < -0.39 is 12.1 Å². The molecular weight excluding hydrogens is 262 g/mol. The Balaban J connectivity index is 2.16. The molecule has 2 heterocycles. The Labute approximate surface area is 117 Å². The molecule has 1 aromatic heterocycles. The van der Waals surface area contributed by atoms with Gasteiger partial charge in [-0.2, -0.15) is 0 Å². The normalized spacial score (nSPS) is 19.4. The van der Waals surface area contributed by atoms with Crippen LogP contribution in [0.5, 0.6) is 0 Å². The fourth-order valence-electron chi connectivity index (χ4n) is 2.16. The van der Waals surface area contributed by atoms with Crippen molar-refractivity contribution in [2.75, 3.05) is 19.7 Å². The SMILES string of the molecule is Cc1oc(C(C)C)cc1C(=O)N1CCOC(C(=O)O)C1. The summed E-state index contributed by atoms with van der Waals surface area (Å²) in [6.07, 6.45) is -0.954. The molecule has 1 aliphatic rings. The summed E-state index contributed by atoms with van der Waals surface area (Å²) in [7, 11) is 0. The van der Waals surface area contributed by atoms with E-state index in [0.29, 0.717) is 17.9 Å². The second kappa shape index (κ2) is 5.66. The van der Waals surface area contributed by atoms with Crippen LogP contribution in [0.4, 0.5) is 0 Å². The molecule has 0 saturated carbocycles. The zero-order chi connectivity index (χ0) is 14.9. The zero-order valence-corrected chi connectivity index (χ0v) is 11.9. The predicted octanol–water partition coefficient (Wildman–Crippen LogP) is 1.64. The third-order valence-corrected chi connectivity index (χ3v) is 3.37. The number of carboxylic acid groups (broad SMARTS) is 1. The summed E-state index contributed by atoms with van der Waals surface area (Å²) >= 11 is 0. The number of morpholine rings is 1. The number of ether oxygens (including phenoxy) is 1. The second-order valence-corrected chi connectivity index (χ2v) is 5.22. The zero-order valence-electron chi connectivity index (χ0n) is 11.9. The van der Waals surface area contributed by atoms with Gasteiger partial charge in [0.1, 0.15) is 11.5 Å². The topological polar surface area (TPSA) is 80.0 Å². The predicted molar refractivity (Wildman–Crippen MR) is 70.8 cm³/mol. The van der Waals surface area contributed by atoms with Crippen molar-refractivity contribution < 1.29 is 23.8 Å². The highest BCUT2D eigenvalue weighted by atomic mass is 16.5. The average Bonchev–Trinajstić information content (AvgIpc) is 2.80. The van der Waals surface area contributed by atoms with Gasteiger partial charge < -0.3 is 19.2 Å². The first kappa shape index (κ1) is 14.6. The number of aryl methyl sites for hydroxylation is 1. The largest absolute Gasteiger partial charge is 0.479 e. The molecule has 0 aromatic carbocycles. The lowest BCUT2D eigenvalue weighted by molar-refractivity contribution is -0.154. The van der Waals surface area contributed by atoms with E-state index in [-0.39, 0.29) is 25.0 Å². The number of hydrogen-bond acceptors (Lipinski definition) is 4. The standard InChI is InChI=1S/C14H19NO5/c1-8(2)11-6-10(9(3)20-11)13(16)15-4-5-19-12(7-15)14(17)18/h6,8,12H,4-5,7H2,1-3H3,(H,17,18). The maximum Gasteiger partial charge on any atom is 0.334 e. The monoisotopic (exact) mass is 281 g/mol. The van der Waals surface area contributed by atoms with Gasteiger partial charge in [-0.15, -0.1) is 0 Å². The van der Waals surface area contributed by atoms with E-state index in [0.717, 1.165) is 5.76 Å². The molecule has 6 nitrogen and oxygen atoms in total. The number of carbonyl (C=O) groups excluding carboxylic acids is 1. The van der Waals surface area contributed by atoms with Gasteiger partial charge >= 0.3 is 5.97 Å². The van der Waals surface area contributed by atoms with E-state index in [2.05, 4.69) is 0 Å². The fraction of sp³-hybridized carbons (Fsp3) is 0.571. The van der Waals surface area contributed by atoms with E-state index in [4.69, 9.17) is 14.3 Å². The number of amides is 1. The van der Waals surface area contributed by atoms with Crippen molar-refractivity contribution in [3.8, 4) is 0 Å². The molecule has 0 aliphatic carbocycles. The molecule has 0 spiro atoms. The summed E-state index contributed by atoms with van der Waals surface area (Å²) in [5, 5.41) is 8.96. The maximum atomic E-state index is 12.4. The number of carbonyl (C=O) groups is 2. The van der Waals surface area contributed by atoms with Crippen molar-refractivity contribution in [2.24, 2.45) is 0 Å². The van der Waals surface area contributed by atoms with Gasteiger partial charge in [0.15, 0.2) is 6.10 Å². The molecule has 1 atom stereocenters. The van der Waals surface area contributed by atoms with Gasteiger partial charge in [0.05, 0.1) is 18.7 Å². The van der Waals surface area contributed by atoms with Crippen LogP contribution in [0.3, 0.4) is 0 Å². The molecule has 1 amide bonds. The molecule has 110 valence electrons. The molecule has 0 bridgehead atoms. The van der Waals surface area contributed by atoms with Crippen LogP contribution in [-0.2, 0) is 9.53 Å². The summed E-state index contributed by atoms with van der Waals surface area (Å²) < 4.78 is 10.7. The van der Waals surface area contributed by atoms with Gasteiger partial charge in [0.25, 0.3) is 5.91 Å². The lowest BCUT2D eigenvalue weighted by Gasteiger charge is -2.30. The second-order valence-electron chi connectivity index (χ2n) is 5.22. The highest BCUT2D eigenvalue weighted by Gasteiger charge is 2.31. The molecular formula is C14H19NO5. The fourth-order valence-corrected chi connectivity index (χ4v) is 2.16. The summed E-state index contributed by atoms with van der Waals surface area (Å²) in [5.41, 5.74) is 0.500. The van der Waals surface area contributed by atoms with E-state index in [1.54, 1.807) is 13.0 Å². The average molecular weight is 281 g/mol. The Kier molecular flexibility index (Phi) is 4.13. The molecule has 1 saturated heterocycles. The Morgan fingerprint density at radius 1 is 1.45 bits per heavy atom. The van der Waals surface area contributed by atoms with Gasteiger partial charge in [-0.05, 0) is 13.0 Å². The number of hydrogen-bond donors (Lipinski definition) is 1. The Morgan fingerprint density at radius 3 is 2.70 bits per heavy atom. The number of furan rings is 1. The molecule has 1 unspecified atom stereocenters. The molecule has 1 aliphatic heterocycles. The first-order chi connectivity index (χ1) is 9.40. The first-order valence-corrected chi connectivity index (χ1v) is 6.64. The van der Waals surface area contributed by atoms with Gasteiger partial charge in [0, 0.05) is 12.5 Å². The third-order valence-electron chi connectivity index (χ3n) is 3.37. The van der Waals surface area contributed by atoms with Crippen LogP contribution in [0.25, 0.3) is 0 Å². The van der Waals surface area contributed by atoms with Gasteiger partial charge in [-0.25, -0.2) is 4.79 Å². The number of aliphatic carboxylic acids is 1. The Morgan fingerprint density at radius 2 is 2.15 bits per heavy atom. The summed E-state index contributed by atoms with van der Waals surface area (Å²) in [4.78, 5) is 24.9. The van der Waals surface area contributed by atoms with E-state index in [9.17, 15) is 9.59 Å². The van der Waals surface area contributed by atoms with Crippen molar-refractivity contribution in [1.82, 2.24) is 4.90 Å². The Hall–Kier alpha value is -1.82. The minimum atomic E-state index is -1.05. The first-order valence-electron chi connectivity index (χ1n) is 6.64. The highest BCUT2D eigenvalue weighted by Crippen LogP contribution is 2.23. The quantitative estimate of drug-likeness (QED) is 0.911. The summed E-state index contributed by atoms with van der Waals surface area (Å²) in [5.74, 6) is 0.277. The van der Waals surface area contributed by atoms with Crippen LogP contribution in [0.1, 0.15) is 41.6 Å². The van der Waals surface area contributed by atoms with Crippen LogP contribution in [0, 0.1) is 6.92 Å². The van der Waals surface area contributed by atoms with Crippen LogP contribution >= 0.6 is 0 Å². The van der Waals surface area contributed by atoms with Crippen LogP contribution in [-0.4, -0.2) is 47.7 Å². The Bertz CT molecular complexity index is 520. The van der Waals surface area contributed by atoms with Crippen molar-refractivity contribution in [2.45, 2.75) is 32.8 Å². The van der Waals surface area contributed by atoms with Crippen molar-refractivity contribution in [3.63, 3.8) is 0 Å². The van der Waals surface area contributed by atoms with E-state index >= 15 is 0 Å². The minimum Gasteiger partial charge on any atom is -0.479 e. The third kappa shape index (κ3) is 2.85. The molecule has 2 rings (SSSR count). The van der Waals surface area contributed by atoms with E-state index in [1.807, 2.05) is 13.8 Å².